The van der Waals surface area contributed by atoms with Crippen molar-refractivity contribution >= 4 is 40.8 Å². The second kappa shape index (κ2) is 7.74. The zero-order chi connectivity index (χ0) is 20.3. The number of rotatable bonds is 4. The van der Waals surface area contributed by atoms with Crippen molar-refractivity contribution in [3.8, 4) is 0 Å². The number of hydrogen-bond donors (Lipinski definition) is 2. The molecule has 1 aliphatic rings. The molecular weight excluding hydrogens is 384 g/mol. The number of carbonyl (C=O) groups excluding carboxylic acids is 3. The summed E-state index contributed by atoms with van der Waals surface area (Å²) >= 11 is 5.83. The van der Waals surface area contributed by atoms with Crippen LogP contribution in [0.25, 0.3) is 0 Å². The van der Waals surface area contributed by atoms with Crippen molar-refractivity contribution in [1.82, 2.24) is 0 Å². The van der Waals surface area contributed by atoms with Gasteiger partial charge in [-0.25, -0.2) is 9.59 Å². The van der Waals surface area contributed by atoms with E-state index in [0.29, 0.717) is 22.0 Å². The van der Waals surface area contributed by atoms with E-state index >= 15 is 0 Å². The summed E-state index contributed by atoms with van der Waals surface area (Å²) < 4.78 is 10.0. The number of esters is 2. The topological polar surface area (TPSA) is 93.7 Å². The number of benzene rings is 2. The van der Waals surface area contributed by atoms with Crippen LogP contribution in [0.2, 0.25) is 5.02 Å². The molecule has 0 saturated carbocycles. The van der Waals surface area contributed by atoms with E-state index in [4.69, 9.17) is 21.1 Å². The normalized spacial score (nSPS) is 15.3. The van der Waals surface area contributed by atoms with Crippen LogP contribution >= 0.6 is 11.6 Å². The molecule has 8 heteroatoms. The Morgan fingerprint density at radius 1 is 1.00 bits per heavy atom. The smallest absolute Gasteiger partial charge is 0.350 e. The number of nitrogens with one attached hydrogen (secondary N) is 2. The summed E-state index contributed by atoms with van der Waals surface area (Å²) in [5.74, 6) is -3.20. The van der Waals surface area contributed by atoms with Crippen LogP contribution in [0.15, 0.2) is 60.3 Å². The number of ether oxygens (including phenoxy) is 2. The third kappa shape index (κ3) is 4.69. The molecule has 0 aliphatic carbocycles. The third-order valence-corrected chi connectivity index (χ3v) is 3.98. The van der Waals surface area contributed by atoms with Gasteiger partial charge in [0.05, 0.1) is 0 Å². The Hall–Kier alpha value is -3.32. The molecule has 2 aromatic rings. The molecule has 2 N–H and O–H groups in total. The van der Waals surface area contributed by atoms with Gasteiger partial charge in [0.1, 0.15) is 0 Å². The molecule has 7 nitrogen and oxygen atoms in total. The van der Waals surface area contributed by atoms with Crippen molar-refractivity contribution in [3.63, 3.8) is 0 Å². The number of hydrogen-bond acceptors (Lipinski definition) is 6. The lowest BCUT2D eigenvalue weighted by molar-refractivity contribution is -0.222. The standard InChI is InChI=1S/C20H17ClN2O5/c1-20(2)27-18(25)16(19(26)28-20)11-22-15-5-3-4-12(10-15)17(24)23-14-8-6-13(21)7-9-14/h3-11,22H,1-2H3,(H,23,24). The lowest BCUT2D eigenvalue weighted by atomic mass is 10.1. The van der Waals surface area contributed by atoms with Gasteiger partial charge in [-0.1, -0.05) is 17.7 Å². The number of amides is 1. The minimum atomic E-state index is -1.30. The molecule has 1 amide bonds. The molecule has 144 valence electrons. The predicted octanol–water partition coefficient (Wildman–Crippen LogP) is 3.72. The first kappa shape index (κ1) is 19.4. The van der Waals surface area contributed by atoms with Crippen molar-refractivity contribution in [2.45, 2.75) is 19.6 Å². The average Bonchev–Trinajstić information content (AvgIpc) is 2.62. The Kier molecular flexibility index (Phi) is 5.37. The lowest BCUT2D eigenvalue weighted by Gasteiger charge is -2.29. The molecule has 0 spiro atoms. The highest BCUT2D eigenvalue weighted by Crippen LogP contribution is 2.23. The summed E-state index contributed by atoms with van der Waals surface area (Å²) in [6.45, 7) is 2.94. The molecule has 1 heterocycles. The Morgan fingerprint density at radius 3 is 2.29 bits per heavy atom. The van der Waals surface area contributed by atoms with E-state index in [1.165, 1.54) is 20.0 Å². The van der Waals surface area contributed by atoms with Crippen LogP contribution in [-0.4, -0.2) is 23.6 Å². The van der Waals surface area contributed by atoms with E-state index in [2.05, 4.69) is 10.6 Å². The Morgan fingerprint density at radius 2 is 1.64 bits per heavy atom. The Labute approximate surface area is 166 Å². The van der Waals surface area contributed by atoms with Gasteiger partial charge in [-0.05, 0) is 42.5 Å². The zero-order valence-corrected chi connectivity index (χ0v) is 15.9. The van der Waals surface area contributed by atoms with Crippen molar-refractivity contribution in [2.75, 3.05) is 10.6 Å². The molecule has 0 atom stereocenters. The van der Waals surface area contributed by atoms with Crippen molar-refractivity contribution in [3.05, 3.63) is 70.9 Å². The van der Waals surface area contributed by atoms with Gasteiger partial charge in [-0.2, -0.15) is 0 Å². The summed E-state index contributed by atoms with van der Waals surface area (Å²) in [4.78, 5) is 36.3. The summed E-state index contributed by atoms with van der Waals surface area (Å²) in [6.07, 6.45) is 1.19. The van der Waals surface area contributed by atoms with Gasteiger partial charge >= 0.3 is 11.9 Å². The molecule has 0 unspecified atom stereocenters. The highest BCUT2D eigenvalue weighted by Gasteiger charge is 2.38. The summed E-state index contributed by atoms with van der Waals surface area (Å²) in [6, 6.07) is 13.3. The fourth-order valence-electron chi connectivity index (χ4n) is 2.42. The molecular formula is C20H17ClN2O5. The van der Waals surface area contributed by atoms with Crippen LogP contribution in [-0.2, 0) is 19.1 Å². The number of cyclic esters (lactones) is 2. The Balaban J connectivity index is 1.71. The quantitative estimate of drug-likeness (QED) is 0.461. The highest BCUT2D eigenvalue weighted by molar-refractivity contribution is 6.30. The maximum atomic E-state index is 12.4. The van der Waals surface area contributed by atoms with Crippen LogP contribution in [0, 0.1) is 0 Å². The number of anilines is 2. The molecule has 0 bridgehead atoms. The second-order valence-corrected chi connectivity index (χ2v) is 6.86. The van der Waals surface area contributed by atoms with E-state index in [0.717, 1.165) is 0 Å². The van der Waals surface area contributed by atoms with E-state index in [-0.39, 0.29) is 11.5 Å². The molecule has 1 aliphatic heterocycles. The fourth-order valence-corrected chi connectivity index (χ4v) is 2.55. The molecule has 3 rings (SSSR count). The maximum absolute atomic E-state index is 12.4. The summed E-state index contributed by atoms with van der Waals surface area (Å²) in [5.41, 5.74) is 1.22. The minimum Gasteiger partial charge on any atom is -0.419 e. The van der Waals surface area contributed by atoms with Crippen molar-refractivity contribution < 1.29 is 23.9 Å². The van der Waals surface area contributed by atoms with E-state index in [9.17, 15) is 14.4 Å². The van der Waals surface area contributed by atoms with Gasteiger partial charge < -0.3 is 20.1 Å². The first-order valence-electron chi connectivity index (χ1n) is 8.34. The Bertz CT molecular complexity index is 945. The van der Waals surface area contributed by atoms with E-state index in [1.54, 1.807) is 48.5 Å². The number of carbonyl (C=O) groups is 3. The SMILES string of the molecule is CC1(C)OC(=O)C(=CNc2cccc(C(=O)Nc3ccc(Cl)cc3)c2)C(=O)O1. The van der Waals surface area contributed by atoms with Gasteiger partial charge in [-0.3, -0.25) is 4.79 Å². The van der Waals surface area contributed by atoms with Crippen molar-refractivity contribution in [2.24, 2.45) is 0 Å². The molecule has 1 saturated heterocycles. The average molecular weight is 401 g/mol. The van der Waals surface area contributed by atoms with Gasteiger partial charge in [0, 0.05) is 42.0 Å². The largest absolute Gasteiger partial charge is 0.419 e. The van der Waals surface area contributed by atoms with Crippen LogP contribution in [0.3, 0.4) is 0 Å². The first-order valence-corrected chi connectivity index (χ1v) is 8.72. The fraction of sp³-hybridized carbons (Fsp3) is 0.150. The van der Waals surface area contributed by atoms with Gasteiger partial charge in [0.15, 0.2) is 5.57 Å². The van der Waals surface area contributed by atoms with Gasteiger partial charge in [0.2, 0.25) is 0 Å². The summed E-state index contributed by atoms with van der Waals surface area (Å²) in [7, 11) is 0. The highest BCUT2D eigenvalue weighted by atomic mass is 35.5. The molecule has 2 aromatic carbocycles. The van der Waals surface area contributed by atoms with Crippen LogP contribution in [0.5, 0.6) is 0 Å². The molecule has 0 radical (unpaired) electrons. The predicted molar refractivity (Wildman–Crippen MR) is 104 cm³/mol. The number of halogens is 1. The van der Waals surface area contributed by atoms with Gasteiger partial charge in [-0.15, -0.1) is 0 Å². The van der Waals surface area contributed by atoms with Gasteiger partial charge in [0.25, 0.3) is 11.7 Å². The minimum absolute atomic E-state index is 0.268. The van der Waals surface area contributed by atoms with Crippen LogP contribution < -0.4 is 10.6 Å². The zero-order valence-electron chi connectivity index (χ0n) is 15.1. The van der Waals surface area contributed by atoms with Crippen LogP contribution in [0.4, 0.5) is 11.4 Å². The molecule has 0 aromatic heterocycles. The molecule has 28 heavy (non-hydrogen) atoms. The van der Waals surface area contributed by atoms with E-state index in [1.807, 2.05) is 0 Å². The monoisotopic (exact) mass is 400 g/mol. The lowest BCUT2D eigenvalue weighted by Crippen LogP contribution is -2.42. The van der Waals surface area contributed by atoms with E-state index < -0.39 is 17.7 Å². The van der Waals surface area contributed by atoms with Crippen LogP contribution in [0.1, 0.15) is 24.2 Å². The third-order valence-electron chi connectivity index (χ3n) is 3.73. The second-order valence-electron chi connectivity index (χ2n) is 6.42. The first-order chi connectivity index (χ1) is 13.2. The molecule has 1 fully saturated rings. The van der Waals surface area contributed by atoms with Crippen molar-refractivity contribution in [1.29, 1.82) is 0 Å². The summed E-state index contributed by atoms with van der Waals surface area (Å²) in [5, 5.41) is 6.13. The maximum Gasteiger partial charge on any atom is 0.350 e.